The first-order valence-electron chi connectivity index (χ1n) is 5.98. The summed E-state index contributed by atoms with van der Waals surface area (Å²) in [6.07, 6.45) is 0.705. The third-order valence-corrected chi connectivity index (χ3v) is 4.62. The van der Waals surface area contributed by atoms with Crippen LogP contribution >= 0.6 is 22.9 Å². The van der Waals surface area contributed by atoms with E-state index < -0.39 is 0 Å². The molecule has 0 fully saturated rings. The molecule has 0 aliphatic heterocycles. The van der Waals surface area contributed by atoms with Gasteiger partial charge in [-0.3, -0.25) is 0 Å². The van der Waals surface area contributed by atoms with Crippen LogP contribution in [-0.4, -0.2) is 15.2 Å². The first-order chi connectivity index (χ1) is 9.15. The van der Waals surface area contributed by atoms with E-state index in [1.54, 1.807) is 11.3 Å². The molecule has 3 aromatic rings. The van der Waals surface area contributed by atoms with Crippen LogP contribution in [0.3, 0.4) is 0 Å². The van der Waals surface area contributed by atoms with E-state index in [0.717, 1.165) is 27.3 Å². The molecule has 3 nitrogen and oxygen atoms in total. The second-order valence-corrected chi connectivity index (χ2v) is 5.91. The van der Waals surface area contributed by atoms with Crippen molar-refractivity contribution >= 4 is 33.2 Å². The van der Waals surface area contributed by atoms with Gasteiger partial charge in [-0.25, -0.2) is 4.98 Å². The molecule has 3 rings (SSSR count). The molecular formula is C14H12ClN3S. The Morgan fingerprint density at radius 1 is 1.11 bits per heavy atom. The molecule has 0 radical (unpaired) electrons. The summed E-state index contributed by atoms with van der Waals surface area (Å²) in [5.41, 5.74) is 4.08. The number of nitrogens with zero attached hydrogens (tertiary/aromatic N) is 3. The highest BCUT2D eigenvalue weighted by atomic mass is 35.5. The third-order valence-electron chi connectivity index (χ3n) is 3.22. The summed E-state index contributed by atoms with van der Waals surface area (Å²) < 4.78 is 1.20. The summed E-state index contributed by atoms with van der Waals surface area (Å²) in [7, 11) is 0. The molecule has 2 heterocycles. The SMILES string of the molecule is Cc1c(Cl)nnc(Cc2nc3ccccc3s2)c1C. The number of halogens is 1. The van der Waals surface area contributed by atoms with E-state index in [0.29, 0.717) is 11.6 Å². The van der Waals surface area contributed by atoms with Gasteiger partial charge in [0, 0.05) is 6.42 Å². The van der Waals surface area contributed by atoms with Crippen molar-refractivity contribution in [2.24, 2.45) is 0 Å². The average Bonchev–Trinajstić information content (AvgIpc) is 2.82. The number of rotatable bonds is 2. The maximum atomic E-state index is 5.97. The molecule has 5 heteroatoms. The molecule has 19 heavy (non-hydrogen) atoms. The molecule has 0 amide bonds. The van der Waals surface area contributed by atoms with Crippen LogP contribution in [-0.2, 0) is 6.42 Å². The lowest BCUT2D eigenvalue weighted by molar-refractivity contribution is 0.902. The number of thiazole rings is 1. The molecular weight excluding hydrogens is 278 g/mol. The van der Waals surface area contributed by atoms with Crippen LogP contribution in [0.5, 0.6) is 0 Å². The van der Waals surface area contributed by atoms with E-state index in [2.05, 4.69) is 21.2 Å². The predicted molar refractivity (Wildman–Crippen MR) is 78.9 cm³/mol. The zero-order valence-electron chi connectivity index (χ0n) is 10.6. The Labute approximate surface area is 120 Å². The van der Waals surface area contributed by atoms with Crippen molar-refractivity contribution in [3.63, 3.8) is 0 Å². The van der Waals surface area contributed by atoms with E-state index >= 15 is 0 Å². The maximum Gasteiger partial charge on any atom is 0.154 e. The highest BCUT2D eigenvalue weighted by Gasteiger charge is 2.11. The van der Waals surface area contributed by atoms with Crippen molar-refractivity contribution < 1.29 is 0 Å². The summed E-state index contributed by atoms with van der Waals surface area (Å²) in [5.74, 6) is 0. The van der Waals surface area contributed by atoms with Gasteiger partial charge in [-0.05, 0) is 37.1 Å². The minimum atomic E-state index is 0.477. The fourth-order valence-electron chi connectivity index (χ4n) is 1.93. The lowest BCUT2D eigenvalue weighted by Gasteiger charge is -2.05. The Hall–Kier alpha value is -1.52. The molecule has 0 atom stereocenters. The topological polar surface area (TPSA) is 38.7 Å². The standard InChI is InChI=1S/C14H12ClN3S/c1-8-9(2)14(15)18-17-11(8)7-13-16-10-5-3-4-6-12(10)19-13/h3-6H,7H2,1-2H3. The van der Waals surface area contributed by atoms with E-state index in [4.69, 9.17) is 11.6 Å². The Kier molecular flexibility index (Phi) is 3.21. The van der Waals surface area contributed by atoms with E-state index in [1.165, 1.54) is 4.70 Å². The van der Waals surface area contributed by atoms with E-state index in [1.807, 2.05) is 32.0 Å². The molecule has 0 saturated carbocycles. The lowest BCUT2D eigenvalue weighted by atomic mass is 10.1. The zero-order chi connectivity index (χ0) is 13.4. The number of fused-ring (bicyclic) bond motifs is 1. The van der Waals surface area contributed by atoms with Crippen molar-refractivity contribution in [1.82, 2.24) is 15.2 Å². The van der Waals surface area contributed by atoms with Crippen LogP contribution in [0.4, 0.5) is 0 Å². The Morgan fingerprint density at radius 3 is 2.68 bits per heavy atom. The highest BCUT2D eigenvalue weighted by molar-refractivity contribution is 7.18. The van der Waals surface area contributed by atoms with Gasteiger partial charge >= 0.3 is 0 Å². The van der Waals surface area contributed by atoms with Gasteiger partial charge in [0.05, 0.1) is 20.9 Å². The highest BCUT2D eigenvalue weighted by Crippen LogP contribution is 2.25. The number of para-hydroxylation sites is 1. The summed E-state index contributed by atoms with van der Waals surface area (Å²) in [6.45, 7) is 3.99. The molecule has 0 aliphatic rings. The number of aromatic nitrogens is 3. The number of benzene rings is 1. The van der Waals surface area contributed by atoms with Crippen molar-refractivity contribution in [2.75, 3.05) is 0 Å². The minimum Gasteiger partial charge on any atom is -0.241 e. The van der Waals surface area contributed by atoms with Gasteiger partial charge in [-0.1, -0.05) is 23.7 Å². The predicted octanol–water partition coefficient (Wildman–Crippen LogP) is 3.95. The van der Waals surface area contributed by atoms with Gasteiger partial charge < -0.3 is 0 Å². The van der Waals surface area contributed by atoms with Crippen LogP contribution in [0.1, 0.15) is 21.8 Å². The van der Waals surface area contributed by atoms with Crippen molar-refractivity contribution in [3.8, 4) is 0 Å². The van der Waals surface area contributed by atoms with Crippen LogP contribution in [0.15, 0.2) is 24.3 Å². The summed E-state index contributed by atoms with van der Waals surface area (Å²) >= 11 is 7.67. The van der Waals surface area contributed by atoms with Crippen molar-refractivity contribution in [1.29, 1.82) is 0 Å². The fourth-order valence-corrected chi connectivity index (χ4v) is 3.08. The van der Waals surface area contributed by atoms with Crippen molar-refractivity contribution in [2.45, 2.75) is 20.3 Å². The third kappa shape index (κ3) is 2.33. The fraction of sp³-hybridized carbons (Fsp3) is 0.214. The molecule has 0 unspecified atom stereocenters. The Balaban J connectivity index is 1.99. The first kappa shape index (κ1) is 12.5. The molecule has 0 bridgehead atoms. The van der Waals surface area contributed by atoms with Gasteiger partial charge in [0.15, 0.2) is 5.15 Å². The van der Waals surface area contributed by atoms with Crippen LogP contribution in [0.2, 0.25) is 5.15 Å². The van der Waals surface area contributed by atoms with Gasteiger partial charge in [-0.2, -0.15) is 5.10 Å². The van der Waals surface area contributed by atoms with Gasteiger partial charge in [0.1, 0.15) is 0 Å². The second kappa shape index (κ2) is 4.87. The Bertz CT molecular complexity index is 719. The summed E-state index contributed by atoms with van der Waals surface area (Å²) in [4.78, 5) is 4.62. The Morgan fingerprint density at radius 2 is 1.89 bits per heavy atom. The summed E-state index contributed by atoms with van der Waals surface area (Å²) in [6, 6.07) is 8.15. The van der Waals surface area contributed by atoms with E-state index in [-0.39, 0.29) is 0 Å². The van der Waals surface area contributed by atoms with E-state index in [9.17, 15) is 0 Å². The molecule has 2 aromatic heterocycles. The van der Waals surface area contributed by atoms with Crippen molar-refractivity contribution in [3.05, 3.63) is 51.2 Å². The minimum absolute atomic E-state index is 0.477. The molecule has 0 N–H and O–H groups in total. The molecule has 0 spiro atoms. The van der Waals surface area contributed by atoms with Crippen LogP contribution in [0.25, 0.3) is 10.2 Å². The first-order valence-corrected chi connectivity index (χ1v) is 7.17. The quantitative estimate of drug-likeness (QED) is 0.717. The zero-order valence-corrected chi connectivity index (χ0v) is 12.2. The average molecular weight is 290 g/mol. The van der Waals surface area contributed by atoms with Crippen LogP contribution in [0, 0.1) is 13.8 Å². The largest absolute Gasteiger partial charge is 0.241 e. The maximum absolute atomic E-state index is 5.97. The molecule has 0 saturated heterocycles. The van der Waals surface area contributed by atoms with Crippen LogP contribution < -0.4 is 0 Å². The second-order valence-electron chi connectivity index (χ2n) is 4.44. The van der Waals surface area contributed by atoms with Gasteiger partial charge in [0.25, 0.3) is 0 Å². The monoisotopic (exact) mass is 289 g/mol. The summed E-state index contributed by atoms with van der Waals surface area (Å²) in [5, 5.41) is 9.70. The van der Waals surface area contributed by atoms with Gasteiger partial charge in [-0.15, -0.1) is 16.4 Å². The molecule has 1 aromatic carbocycles. The number of hydrogen-bond donors (Lipinski definition) is 0. The molecule has 96 valence electrons. The lowest BCUT2D eigenvalue weighted by Crippen LogP contribution is -2.01. The van der Waals surface area contributed by atoms with Gasteiger partial charge in [0.2, 0.25) is 0 Å². The number of hydrogen-bond acceptors (Lipinski definition) is 4. The smallest absolute Gasteiger partial charge is 0.154 e. The normalized spacial score (nSPS) is 11.1. The molecule has 0 aliphatic carbocycles.